The second kappa shape index (κ2) is 15.6. The molecule has 0 atom stereocenters. The Kier molecular flexibility index (Phi) is 8.75. The monoisotopic (exact) mass is 881 g/mol. The summed E-state index contributed by atoms with van der Waals surface area (Å²) >= 11 is 0. The number of para-hydroxylation sites is 3. The van der Waals surface area contributed by atoms with Crippen LogP contribution >= 0.6 is 0 Å². The number of benzene rings is 9. The Balaban J connectivity index is 0.890. The van der Waals surface area contributed by atoms with E-state index in [9.17, 15) is 0 Å². The standard InChI is InChI=1S/C62H39N7/c1-4-16-40(17-5-1)60-64-61(41-18-6-2-7-19-41)66-62(65-60)69-54-27-13-11-25-49(54)51-37-44(30-33-55(51)69)42-20-14-21-43(36-42)45-29-32-50-48-24-10-12-26-53(48)68(58(50)38-45)47-31-34-56-52(39-47)59-57(28-15-35-63-59)67(56)46-22-8-3-9-23-46/h1-39H. The summed E-state index contributed by atoms with van der Waals surface area (Å²) in [5.41, 5.74) is 16.2. The van der Waals surface area contributed by atoms with E-state index >= 15 is 0 Å². The van der Waals surface area contributed by atoms with E-state index in [4.69, 9.17) is 19.9 Å². The summed E-state index contributed by atoms with van der Waals surface area (Å²) < 4.78 is 6.90. The fourth-order valence-electron chi connectivity index (χ4n) is 10.4. The molecular weight excluding hydrogens is 843 g/mol. The lowest BCUT2D eigenvalue weighted by Gasteiger charge is -2.12. The van der Waals surface area contributed by atoms with E-state index in [1.165, 1.54) is 10.8 Å². The number of nitrogens with zero attached hydrogens (tertiary/aromatic N) is 7. The minimum absolute atomic E-state index is 0.576. The third-order valence-corrected chi connectivity index (χ3v) is 13.5. The normalized spacial score (nSPS) is 11.8. The molecule has 0 unspecified atom stereocenters. The van der Waals surface area contributed by atoms with Gasteiger partial charge in [-0.1, -0.05) is 152 Å². The summed E-state index contributed by atoms with van der Waals surface area (Å²) in [5, 5.41) is 5.80. The van der Waals surface area contributed by atoms with Crippen molar-refractivity contribution in [2.24, 2.45) is 0 Å². The molecule has 0 saturated carbocycles. The minimum atomic E-state index is 0.576. The van der Waals surface area contributed by atoms with Gasteiger partial charge in [-0.2, -0.15) is 9.97 Å². The van der Waals surface area contributed by atoms with Gasteiger partial charge in [0.05, 0.1) is 38.6 Å². The predicted octanol–water partition coefficient (Wildman–Crippen LogP) is 15.2. The van der Waals surface area contributed by atoms with Crippen LogP contribution in [0.5, 0.6) is 0 Å². The van der Waals surface area contributed by atoms with Gasteiger partial charge < -0.3 is 9.13 Å². The smallest absolute Gasteiger partial charge is 0.238 e. The lowest BCUT2D eigenvalue weighted by atomic mass is 9.97. The van der Waals surface area contributed by atoms with Crippen molar-refractivity contribution in [2.75, 3.05) is 0 Å². The van der Waals surface area contributed by atoms with Gasteiger partial charge in [0.1, 0.15) is 0 Å². The zero-order valence-corrected chi connectivity index (χ0v) is 37.1. The first-order valence-corrected chi connectivity index (χ1v) is 23.2. The van der Waals surface area contributed by atoms with E-state index in [2.05, 4.69) is 177 Å². The Morgan fingerprint density at radius 1 is 0.261 bits per heavy atom. The van der Waals surface area contributed by atoms with Gasteiger partial charge in [0, 0.05) is 55.6 Å². The maximum atomic E-state index is 5.13. The molecule has 69 heavy (non-hydrogen) atoms. The molecule has 0 N–H and O–H groups in total. The fraction of sp³-hybridized carbons (Fsp3) is 0. The van der Waals surface area contributed by atoms with Crippen molar-refractivity contribution < 1.29 is 0 Å². The molecule has 0 amide bonds. The van der Waals surface area contributed by atoms with Gasteiger partial charge in [0.25, 0.3) is 0 Å². The summed E-state index contributed by atoms with van der Waals surface area (Å²) in [5.74, 6) is 1.83. The third-order valence-electron chi connectivity index (χ3n) is 13.5. The van der Waals surface area contributed by atoms with E-state index in [0.29, 0.717) is 17.6 Å². The van der Waals surface area contributed by atoms with Crippen molar-refractivity contribution in [1.82, 2.24) is 33.6 Å². The number of fused-ring (bicyclic) bond motifs is 9. The lowest BCUT2D eigenvalue weighted by Crippen LogP contribution is -2.06. The largest absolute Gasteiger partial charge is 0.309 e. The van der Waals surface area contributed by atoms with Gasteiger partial charge >= 0.3 is 0 Å². The van der Waals surface area contributed by atoms with Gasteiger partial charge in [0.15, 0.2) is 11.6 Å². The predicted molar refractivity (Wildman–Crippen MR) is 282 cm³/mol. The summed E-state index contributed by atoms with van der Waals surface area (Å²) in [7, 11) is 0. The first-order valence-electron chi connectivity index (χ1n) is 23.2. The topological polar surface area (TPSA) is 66.3 Å². The molecule has 0 aliphatic carbocycles. The number of rotatable bonds is 7. The maximum absolute atomic E-state index is 5.13. The van der Waals surface area contributed by atoms with Gasteiger partial charge in [-0.25, -0.2) is 4.98 Å². The van der Waals surface area contributed by atoms with Crippen LogP contribution in [0.25, 0.3) is 128 Å². The molecule has 5 heterocycles. The fourth-order valence-corrected chi connectivity index (χ4v) is 10.4. The molecule has 7 nitrogen and oxygen atoms in total. The molecule has 0 spiro atoms. The van der Waals surface area contributed by atoms with E-state index in [1.807, 2.05) is 72.9 Å². The third kappa shape index (κ3) is 6.29. The highest BCUT2D eigenvalue weighted by molar-refractivity contribution is 6.13. The van der Waals surface area contributed by atoms with E-state index in [1.54, 1.807) is 0 Å². The van der Waals surface area contributed by atoms with Gasteiger partial charge in [-0.15, -0.1) is 0 Å². The van der Waals surface area contributed by atoms with Crippen LogP contribution in [0, 0.1) is 0 Å². The Bertz CT molecular complexity index is 4240. The van der Waals surface area contributed by atoms with Crippen LogP contribution in [-0.2, 0) is 0 Å². The Labute approximate surface area is 396 Å². The quantitative estimate of drug-likeness (QED) is 0.160. The summed E-state index contributed by atoms with van der Waals surface area (Å²) in [4.78, 5) is 20.2. The second-order valence-corrected chi connectivity index (χ2v) is 17.5. The van der Waals surface area contributed by atoms with Crippen molar-refractivity contribution in [3.05, 3.63) is 237 Å². The minimum Gasteiger partial charge on any atom is -0.309 e. The van der Waals surface area contributed by atoms with E-state index < -0.39 is 0 Å². The lowest BCUT2D eigenvalue weighted by molar-refractivity contribution is 0.953. The molecule has 14 rings (SSSR count). The van der Waals surface area contributed by atoms with Gasteiger partial charge in [-0.3, -0.25) is 9.55 Å². The van der Waals surface area contributed by atoms with Crippen LogP contribution in [0.2, 0.25) is 0 Å². The molecule has 0 aliphatic rings. The van der Waals surface area contributed by atoms with Crippen LogP contribution in [0.4, 0.5) is 0 Å². The zero-order chi connectivity index (χ0) is 45.4. The van der Waals surface area contributed by atoms with Crippen LogP contribution in [0.15, 0.2) is 237 Å². The number of aromatic nitrogens is 7. The first kappa shape index (κ1) is 38.8. The highest BCUT2D eigenvalue weighted by Crippen LogP contribution is 2.40. The molecule has 14 aromatic rings. The molecule has 0 radical (unpaired) electrons. The molecule has 0 fully saturated rings. The SMILES string of the molecule is c1ccc(-c2nc(-c3ccccc3)nc(-n3c4ccccc4c4cc(-c5cccc(-c6ccc7c8ccccc8n(-c8ccc9c(c8)c8ncccc8n9-c8ccccc8)c7c6)c5)ccc43)n2)cc1. The highest BCUT2D eigenvalue weighted by Gasteiger charge is 2.20. The van der Waals surface area contributed by atoms with Crippen molar-refractivity contribution in [1.29, 1.82) is 0 Å². The average molecular weight is 882 g/mol. The summed E-state index contributed by atoms with van der Waals surface area (Å²) in [6, 6.07) is 81.6. The van der Waals surface area contributed by atoms with E-state index in [-0.39, 0.29) is 0 Å². The Morgan fingerprint density at radius 2 is 0.768 bits per heavy atom. The van der Waals surface area contributed by atoms with E-state index in [0.717, 1.165) is 99.5 Å². The highest BCUT2D eigenvalue weighted by atomic mass is 15.2. The zero-order valence-electron chi connectivity index (χ0n) is 37.1. The Hall–Kier alpha value is -9.46. The average Bonchev–Trinajstić information content (AvgIpc) is 4.06. The van der Waals surface area contributed by atoms with Crippen molar-refractivity contribution in [2.45, 2.75) is 0 Å². The van der Waals surface area contributed by atoms with Crippen LogP contribution in [0.1, 0.15) is 0 Å². The van der Waals surface area contributed by atoms with Gasteiger partial charge in [0.2, 0.25) is 5.95 Å². The molecule has 9 aromatic carbocycles. The van der Waals surface area contributed by atoms with Crippen LogP contribution in [-0.4, -0.2) is 33.6 Å². The number of hydrogen-bond acceptors (Lipinski definition) is 4. The van der Waals surface area contributed by atoms with Crippen LogP contribution < -0.4 is 0 Å². The van der Waals surface area contributed by atoms with Gasteiger partial charge in [-0.05, 0) is 101 Å². The number of pyridine rings is 1. The molecule has 5 aromatic heterocycles. The van der Waals surface area contributed by atoms with Crippen LogP contribution in [0.3, 0.4) is 0 Å². The number of hydrogen-bond donors (Lipinski definition) is 0. The van der Waals surface area contributed by atoms with Crippen molar-refractivity contribution in [3.63, 3.8) is 0 Å². The van der Waals surface area contributed by atoms with Crippen molar-refractivity contribution in [3.8, 4) is 62.4 Å². The molecule has 0 saturated heterocycles. The summed E-state index contributed by atoms with van der Waals surface area (Å²) in [6.45, 7) is 0. The molecule has 0 bridgehead atoms. The van der Waals surface area contributed by atoms with Crippen molar-refractivity contribution >= 4 is 65.5 Å². The molecule has 0 aliphatic heterocycles. The summed E-state index contributed by atoms with van der Waals surface area (Å²) in [6.07, 6.45) is 1.89. The molecule has 322 valence electrons. The first-order chi connectivity index (χ1) is 34.2. The second-order valence-electron chi connectivity index (χ2n) is 17.5. The molecular formula is C62H39N7. The molecule has 7 heteroatoms. The Morgan fingerprint density at radius 3 is 1.49 bits per heavy atom. The maximum Gasteiger partial charge on any atom is 0.238 e.